The summed E-state index contributed by atoms with van der Waals surface area (Å²) in [5.41, 5.74) is 3.89. The van der Waals surface area contributed by atoms with Crippen molar-refractivity contribution in [3.05, 3.63) is 41.2 Å². The number of anilines is 2. The van der Waals surface area contributed by atoms with Crippen LogP contribution in [0.1, 0.15) is 21.6 Å². The SMILES string of the molecule is Cc1cc(C(=O)O)ccc1Nc1cn(C)nc1C. The van der Waals surface area contributed by atoms with Gasteiger partial charge in [-0.2, -0.15) is 5.10 Å². The van der Waals surface area contributed by atoms with Gasteiger partial charge in [-0.25, -0.2) is 4.79 Å². The molecule has 1 aromatic carbocycles. The molecule has 0 amide bonds. The number of aromatic nitrogens is 2. The van der Waals surface area contributed by atoms with Crippen LogP contribution in [0.2, 0.25) is 0 Å². The maximum Gasteiger partial charge on any atom is 0.335 e. The highest BCUT2D eigenvalue weighted by Gasteiger charge is 2.08. The molecule has 2 aromatic rings. The van der Waals surface area contributed by atoms with Crippen LogP contribution < -0.4 is 5.32 Å². The molecule has 0 aliphatic rings. The van der Waals surface area contributed by atoms with Gasteiger partial charge < -0.3 is 10.4 Å². The van der Waals surface area contributed by atoms with Crippen molar-refractivity contribution < 1.29 is 9.90 Å². The average Bonchev–Trinajstić information content (AvgIpc) is 2.60. The van der Waals surface area contributed by atoms with E-state index in [0.29, 0.717) is 5.56 Å². The van der Waals surface area contributed by atoms with Crippen LogP contribution in [0.3, 0.4) is 0 Å². The summed E-state index contributed by atoms with van der Waals surface area (Å²) in [6.07, 6.45) is 1.89. The van der Waals surface area contributed by atoms with Crippen LogP contribution in [0, 0.1) is 13.8 Å². The number of aromatic carboxylic acids is 1. The minimum atomic E-state index is -0.915. The normalized spacial score (nSPS) is 10.4. The standard InChI is InChI=1S/C13H15N3O2/c1-8-6-10(13(17)18)4-5-11(8)14-12-7-16(3)15-9(12)2/h4-7,14H,1-3H3,(H,17,18). The molecule has 1 aromatic heterocycles. The lowest BCUT2D eigenvalue weighted by molar-refractivity contribution is 0.0697. The largest absolute Gasteiger partial charge is 0.478 e. The molecule has 0 saturated heterocycles. The minimum absolute atomic E-state index is 0.293. The second-order valence-corrected chi connectivity index (χ2v) is 4.26. The summed E-state index contributed by atoms with van der Waals surface area (Å²) in [6, 6.07) is 5.00. The van der Waals surface area contributed by atoms with Gasteiger partial charge in [0.05, 0.1) is 16.9 Å². The van der Waals surface area contributed by atoms with Crippen LogP contribution in [0.25, 0.3) is 0 Å². The van der Waals surface area contributed by atoms with Gasteiger partial charge in [-0.3, -0.25) is 4.68 Å². The van der Waals surface area contributed by atoms with Crippen molar-refractivity contribution >= 4 is 17.3 Å². The predicted molar refractivity (Wildman–Crippen MR) is 69.4 cm³/mol. The summed E-state index contributed by atoms with van der Waals surface area (Å²) in [4.78, 5) is 10.8. The van der Waals surface area contributed by atoms with Crippen molar-refractivity contribution in [2.24, 2.45) is 7.05 Å². The summed E-state index contributed by atoms with van der Waals surface area (Å²) in [6.45, 7) is 3.80. The molecule has 1 heterocycles. The van der Waals surface area contributed by atoms with E-state index in [0.717, 1.165) is 22.6 Å². The number of aryl methyl sites for hydroxylation is 3. The molecule has 0 aliphatic heterocycles. The molecule has 5 nitrogen and oxygen atoms in total. The van der Waals surface area contributed by atoms with Crippen molar-refractivity contribution in [1.29, 1.82) is 0 Å². The van der Waals surface area contributed by atoms with E-state index in [-0.39, 0.29) is 0 Å². The van der Waals surface area contributed by atoms with E-state index >= 15 is 0 Å². The number of hydrogen-bond donors (Lipinski definition) is 2. The molecule has 0 unspecified atom stereocenters. The summed E-state index contributed by atoms with van der Waals surface area (Å²) < 4.78 is 1.73. The lowest BCUT2D eigenvalue weighted by Gasteiger charge is -2.09. The molecule has 0 fully saturated rings. The first-order valence-corrected chi connectivity index (χ1v) is 5.58. The van der Waals surface area contributed by atoms with Crippen LogP contribution in [0.5, 0.6) is 0 Å². The molecule has 0 spiro atoms. The Labute approximate surface area is 105 Å². The average molecular weight is 245 g/mol. The van der Waals surface area contributed by atoms with E-state index < -0.39 is 5.97 Å². The van der Waals surface area contributed by atoms with Gasteiger partial charge in [0.25, 0.3) is 0 Å². The molecule has 18 heavy (non-hydrogen) atoms. The second kappa shape index (κ2) is 4.52. The molecule has 94 valence electrons. The van der Waals surface area contributed by atoms with E-state index in [2.05, 4.69) is 10.4 Å². The van der Waals surface area contributed by atoms with Gasteiger partial charge in [0, 0.05) is 18.9 Å². The highest BCUT2D eigenvalue weighted by Crippen LogP contribution is 2.23. The van der Waals surface area contributed by atoms with Crippen molar-refractivity contribution in [2.75, 3.05) is 5.32 Å². The quantitative estimate of drug-likeness (QED) is 0.871. The first kappa shape index (κ1) is 12.2. The second-order valence-electron chi connectivity index (χ2n) is 4.26. The topological polar surface area (TPSA) is 67.2 Å². The zero-order valence-corrected chi connectivity index (χ0v) is 10.6. The number of rotatable bonds is 3. The molecular formula is C13H15N3O2. The summed E-state index contributed by atoms with van der Waals surface area (Å²) >= 11 is 0. The molecule has 0 atom stereocenters. The number of carbonyl (C=O) groups is 1. The zero-order valence-electron chi connectivity index (χ0n) is 10.6. The van der Waals surface area contributed by atoms with Crippen LogP contribution in [-0.2, 0) is 7.05 Å². The van der Waals surface area contributed by atoms with Gasteiger partial charge in [0.15, 0.2) is 0 Å². The molecule has 0 bridgehead atoms. The van der Waals surface area contributed by atoms with Crippen molar-refractivity contribution in [3.63, 3.8) is 0 Å². The van der Waals surface area contributed by atoms with Gasteiger partial charge in [-0.05, 0) is 37.6 Å². The molecule has 0 saturated carbocycles. The fourth-order valence-corrected chi connectivity index (χ4v) is 1.80. The Bertz CT molecular complexity index is 602. The Hall–Kier alpha value is -2.30. The van der Waals surface area contributed by atoms with Gasteiger partial charge in [0.1, 0.15) is 0 Å². The highest BCUT2D eigenvalue weighted by molar-refractivity contribution is 5.88. The van der Waals surface area contributed by atoms with Crippen LogP contribution >= 0.6 is 0 Å². The zero-order chi connectivity index (χ0) is 13.3. The number of carboxylic acids is 1. The van der Waals surface area contributed by atoms with Crippen molar-refractivity contribution in [2.45, 2.75) is 13.8 Å². The van der Waals surface area contributed by atoms with Crippen LogP contribution in [0.4, 0.5) is 11.4 Å². The first-order chi connectivity index (χ1) is 8.47. The Morgan fingerprint density at radius 2 is 2.06 bits per heavy atom. The maximum absolute atomic E-state index is 10.8. The molecule has 0 aliphatic carbocycles. The molecule has 0 radical (unpaired) electrons. The number of nitrogens with zero attached hydrogens (tertiary/aromatic N) is 2. The van der Waals surface area contributed by atoms with Gasteiger partial charge in [0.2, 0.25) is 0 Å². The molecule has 5 heteroatoms. The fourth-order valence-electron chi connectivity index (χ4n) is 1.80. The minimum Gasteiger partial charge on any atom is -0.478 e. The number of benzene rings is 1. The van der Waals surface area contributed by atoms with E-state index in [4.69, 9.17) is 5.11 Å². The van der Waals surface area contributed by atoms with Crippen LogP contribution in [0.15, 0.2) is 24.4 Å². The number of carboxylic acid groups (broad SMARTS) is 1. The maximum atomic E-state index is 10.8. The van der Waals surface area contributed by atoms with E-state index in [1.165, 1.54) is 0 Å². The summed E-state index contributed by atoms with van der Waals surface area (Å²) in [5.74, 6) is -0.915. The lowest BCUT2D eigenvalue weighted by Crippen LogP contribution is -1.99. The van der Waals surface area contributed by atoms with Crippen molar-refractivity contribution in [1.82, 2.24) is 9.78 Å². The molecule has 2 N–H and O–H groups in total. The first-order valence-electron chi connectivity index (χ1n) is 5.58. The van der Waals surface area contributed by atoms with E-state index in [1.54, 1.807) is 22.9 Å². The van der Waals surface area contributed by atoms with E-state index in [1.807, 2.05) is 27.1 Å². The van der Waals surface area contributed by atoms with Gasteiger partial charge >= 0.3 is 5.97 Å². The highest BCUT2D eigenvalue weighted by atomic mass is 16.4. The fraction of sp³-hybridized carbons (Fsp3) is 0.231. The lowest BCUT2D eigenvalue weighted by atomic mass is 10.1. The monoisotopic (exact) mass is 245 g/mol. The van der Waals surface area contributed by atoms with Crippen molar-refractivity contribution in [3.8, 4) is 0 Å². The van der Waals surface area contributed by atoms with Gasteiger partial charge in [-0.1, -0.05) is 0 Å². The summed E-state index contributed by atoms with van der Waals surface area (Å²) in [7, 11) is 1.86. The third kappa shape index (κ3) is 2.34. The smallest absolute Gasteiger partial charge is 0.335 e. The number of hydrogen-bond acceptors (Lipinski definition) is 3. The third-order valence-corrected chi connectivity index (χ3v) is 2.76. The molecule has 2 rings (SSSR count). The van der Waals surface area contributed by atoms with Gasteiger partial charge in [-0.15, -0.1) is 0 Å². The Morgan fingerprint density at radius 1 is 1.33 bits per heavy atom. The van der Waals surface area contributed by atoms with Crippen LogP contribution in [-0.4, -0.2) is 20.9 Å². The number of nitrogens with one attached hydrogen (secondary N) is 1. The summed E-state index contributed by atoms with van der Waals surface area (Å²) in [5, 5.41) is 16.4. The Kier molecular flexibility index (Phi) is 3.06. The Morgan fingerprint density at radius 3 is 2.56 bits per heavy atom. The Balaban J connectivity index is 2.30. The third-order valence-electron chi connectivity index (χ3n) is 2.76. The van der Waals surface area contributed by atoms with E-state index in [9.17, 15) is 4.79 Å². The molecular weight excluding hydrogens is 230 g/mol. The predicted octanol–water partition coefficient (Wildman–Crippen LogP) is 2.48.